The van der Waals surface area contributed by atoms with Crippen LogP contribution in [0.15, 0.2) is 45.9 Å². The molecule has 0 aliphatic carbocycles. The van der Waals surface area contributed by atoms with Crippen molar-refractivity contribution < 1.29 is 13.9 Å². The quantitative estimate of drug-likeness (QED) is 0.656. The molecule has 1 amide bonds. The minimum atomic E-state index is -0.393. The number of ether oxygens (including phenoxy) is 1. The first kappa shape index (κ1) is 15.9. The molecule has 0 aliphatic rings. The zero-order chi connectivity index (χ0) is 15.9. The van der Waals surface area contributed by atoms with Gasteiger partial charge >= 0.3 is 0 Å². The zero-order valence-electron chi connectivity index (χ0n) is 12.2. The van der Waals surface area contributed by atoms with Gasteiger partial charge in [-0.15, -0.1) is 0 Å². The van der Waals surface area contributed by atoms with E-state index in [1.807, 2.05) is 25.1 Å². The lowest BCUT2D eigenvalue weighted by Gasteiger charge is -2.06. The number of nitrogens with one attached hydrogen (secondary N) is 1. The number of hydrogen-bond acceptors (Lipinski definition) is 5. The molecule has 0 bridgehead atoms. The number of nitrogens with zero attached hydrogens (tertiary/aromatic N) is 2. The lowest BCUT2D eigenvalue weighted by molar-refractivity contribution is -0.123. The second-order valence-electron chi connectivity index (χ2n) is 4.58. The van der Waals surface area contributed by atoms with Crippen LogP contribution in [0, 0.1) is 0 Å². The van der Waals surface area contributed by atoms with Crippen LogP contribution in [0.3, 0.4) is 0 Å². The Bertz CT molecular complexity index is 668. The molecule has 0 saturated carbocycles. The molecule has 0 unspecified atom stereocenters. The van der Waals surface area contributed by atoms with Gasteiger partial charge in [-0.05, 0) is 18.2 Å². The second kappa shape index (κ2) is 7.51. The molecule has 0 spiro atoms. The Morgan fingerprint density at radius 2 is 2.14 bits per heavy atom. The Hall–Kier alpha value is -2.47. The molecular formula is C15H16ClN3O3. The van der Waals surface area contributed by atoms with Gasteiger partial charge in [0.1, 0.15) is 11.5 Å². The van der Waals surface area contributed by atoms with Crippen LogP contribution in [0.2, 0.25) is 5.02 Å². The van der Waals surface area contributed by atoms with Crippen molar-refractivity contribution in [2.24, 2.45) is 5.10 Å². The third-order valence-corrected chi connectivity index (χ3v) is 2.94. The number of halogens is 1. The van der Waals surface area contributed by atoms with Crippen LogP contribution in [-0.4, -0.2) is 32.8 Å². The van der Waals surface area contributed by atoms with Crippen LogP contribution < -0.4 is 15.1 Å². The van der Waals surface area contributed by atoms with Crippen molar-refractivity contribution in [3.05, 3.63) is 47.2 Å². The first-order valence-electron chi connectivity index (χ1n) is 6.52. The zero-order valence-corrected chi connectivity index (χ0v) is 13.0. The summed E-state index contributed by atoms with van der Waals surface area (Å²) >= 11 is 5.92. The highest BCUT2D eigenvalue weighted by atomic mass is 35.5. The number of carbonyl (C=O) groups excluding carboxylic acids is 1. The van der Waals surface area contributed by atoms with E-state index >= 15 is 0 Å². The van der Waals surface area contributed by atoms with Gasteiger partial charge in [0.2, 0.25) is 0 Å². The van der Waals surface area contributed by atoms with Gasteiger partial charge in [-0.1, -0.05) is 23.7 Å². The maximum atomic E-state index is 11.6. The van der Waals surface area contributed by atoms with Gasteiger partial charge in [0.15, 0.2) is 12.5 Å². The van der Waals surface area contributed by atoms with Crippen LogP contribution in [0.4, 0.5) is 5.88 Å². The molecule has 1 aromatic heterocycles. The van der Waals surface area contributed by atoms with E-state index in [4.69, 9.17) is 20.8 Å². The van der Waals surface area contributed by atoms with E-state index in [-0.39, 0.29) is 6.61 Å². The molecule has 0 radical (unpaired) electrons. The van der Waals surface area contributed by atoms with Crippen molar-refractivity contribution >= 4 is 29.6 Å². The Kier molecular flexibility index (Phi) is 5.43. The number of anilines is 1. The molecular weight excluding hydrogens is 306 g/mol. The summed E-state index contributed by atoms with van der Waals surface area (Å²) in [5.74, 6) is 1.30. The summed E-state index contributed by atoms with van der Waals surface area (Å²) in [5, 5.41) is 4.25. The van der Waals surface area contributed by atoms with Gasteiger partial charge in [0.05, 0.1) is 11.2 Å². The summed E-state index contributed by atoms with van der Waals surface area (Å²) in [6.07, 6.45) is 1.42. The summed E-state index contributed by atoms with van der Waals surface area (Å²) in [4.78, 5) is 13.4. The number of furan rings is 1. The molecule has 0 saturated heterocycles. The minimum absolute atomic E-state index is 0.178. The molecule has 6 nitrogen and oxygen atoms in total. The van der Waals surface area contributed by atoms with E-state index in [1.54, 1.807) is 30.3 Å². The first-order chi connectivity index (χ1) is 10.6. The van der Waals surface area contributed by atoms with Crippen molar-refractivity contribution in [1.29, 1.82) is 0 Å². The van der Waals surface area contributed by atoms with E-state index in [2.05, 4.69) is 10.5 Å². The van der Waals surface area contributed by atoms with Gasteiger partial charge in [-0.25, -0.2) is 5.43 Å². The maximum Gasteiger partial charge on any atom is 0.277 e. The van der Waals surface area contributed by atoms with Crippen LogP contribution in [0.5, 0.6) is 5.75 Å². The number of hydrazone groups is 1. The lowest BCUT2D eigenvalue weighted by Crippen LogP contribution is -2.24. The van der Waals surface area contributed by atoms with Crippen molar-refractivity contribution in [2.75, 3.05) is 25.6 Å². The van der Waals surface area contributed by atoms with Crippen LogP contribution >= 0.6 is 11.6 Å². The van der Waals surface area contributed by atoms with E-state index in [0.29, 0.717) is 22.4 Å². The molecule has 1 heterocycles. The van der Waals surface area contributed by atoms with E-state index < -0.39 is 5.91 Å². The predicted molar refractivity (Wildman–Crippen MR) is 85.7 cm³/mol. The van der Waals surface area contributed by atoms with Gasteiger partial charge in [0.25, 0.3) is 5.91 Å². The third kappa shape index (κ3) is 4.53. The fourth-order valence-electron chi connectivity index (χ4n) is 1.56. The van der Waals surface area contributed by atoms with E-state index in [9.17, 15) is 4.79 Å². The normalized spacial score (nSPS) is 10.7. The average Bonchev–Trinajstić information content (AvgIpc) is 2.95. The fourth-order valence-corrected chi connectivity index (χ4v) is 1.75. The summed E-state index contributed by atoms with van der Waals surface area (Å²) in [7, 11) is 3.74. The Morgan fingerprint density at radius 1 is 1.36 bits per heavy atom. The van der Waals surface area contributed by atoms with Gasteiger partial charge < -0.3 is 14.1 Å². The first-order valence-corrected chi connectivity index (χ1v) is 6.90. The molecule has 7 heteroatoms. The maximum absolute atomic E-state index is 11.6. The van der Waals surface area contributed by atoms with E-state index in [1.165, 1.54) is 6.21 Å². The highest BCUT2D eigenvalue weighted by molar-refractivity contribution is 6.32. The summed E-state index contributed by atoms with van der Waals surface area (Å²) in [6, 6.07) is 10.5. The van der Waals surface area contributed by atoms with Gasteiger partial charge in [-0.2, -0.15) is 5.10 Å². The molecule has 2 aromatic rings. The highest BCUT2D eigenvalue weighted by Gasteiger charge is 2.05. The highest BCUT2D eigenvalue weighted by Crippen LogP contribution is 2.22. The number of hydrogen-bond donors (Lipinski definition) is 1. The number of rotatable bonds is 6. The van der Waals surface area contributed by atoms with E-state index in [0.717, 1.165) is 0 Å². The topological polar surface area (TPSA) is 67.1 Å². The van der Waals surface area contributed by atoms with Crippen LogP contribution in [0.1, 0.15) is 5.76 Å². The molecule has 2 rings (SSSR count). The second-order valence-corrected chi connectivity index (χ2v) is 4.99. The molecule has 22 heavy (non-hydrogen) atoms. The third-order valence-electron chi connectivity index (χ3n) is 2.63. The lowest BCUT2D eigenvalue weighted by atomic mass is 10.3. The Balaban J connectivity index is 1.80. The van der Waals surface area contributed by atoms with Gasteiger partial charge in [0, 0.05) is 20.2 Å². The minimum Gasteiger partial charge on any atom is -0.482 e. The summed E-state index contributed by atoms with van der Waals surface area (Å²) in [6.45, 7) is -0.178. The van der Waals surface area contributed by atoms with Crippen molar-refractivity contribution in [1.82, 2.24) is 5.43 Å². The molecule has 1 aromatic carbocycles. The molecule has 1 N–H and O–H groups in total. The standard InChI is InChI=1S/C15H16ClN3O3/c1-19(2)15-8-7-11(22-15)9-17-18-14(20)10-21-13-6-4-3-5-12(13)16/h3-9H,10H2,1-2H3,(H,18,20)/b17-9+. The number of amides is 1. The molecule has 116 valence electrons. The smallest absolute Gasteiger partial charge is 0.277 e. The molecule has 0 fully saturated rings. The number of benzene rings is 1. The van der Waals surface area contributed by atoms with Crippen molar-refractivity contribution in [3.8, 4) is 5.75 Å². The van der Waals surface area contributed by atoms with Gasteiger partial charge in [-0.3, -0.25) is 4.79 Å². The van der Waals surface area contributed by atoms with Crippen molar-refractivity contribution in [2.45, 2.75) is 0 Å². The molecule has 0 aliphatic heterocycles. The van der Waals surface area contributed by atoms with Crippen LogP contribution in [0.25, 0.3) is 0 Å². The average molecular weight is 322 g/mol. The summed E-state index contributed by atoms with van der Waals surface area (Å²) < 4.78 is 10.7. The predicted octanol–water partition coefficient (Wildman–Crippen LogP) is 2.53. The fraction of sp³-hybridized carbons (Fsp3) is 0.200. The van der Waals surface area contributed by atoms with Crippen LogP contribution in [-0.2, 0) is 4.79 Å². The van der Waals surface area contributed by atoms with Crippen molar-refractivity contribution in [3.63, 3.8) is 0 Å². The molecule has 0 atom stereocenters. The Labute approximate surface area is 133 Å². The largest absolute Gasteiger partial charge is 0.482 e. The number of para-hydroxylation sites is 1. The SMILES string of the molecule is CN(C)c1ccc(/C=N/NC(=O)COc2ccccc2Cl)o1. The number of carbonyl (C=O) groups is 1. The monoisotopic (exact) mass is 321 g/mol. The summed E-state index contributed by atoms with van der Waals surface area (Å²) in [5.41, 5.74) is 2.35. The Morgan fingerprint density at radius 3 is 2.82 bits per heavy atom.